The SMILES string of the molecule is CN1C(=O)[C@@H]2[C@H](N=C(Oc3cccc([C@H]4Nc5ccc6ccccc6c5C5=C4C(=O)CC(C)(C)C5)c3)N2C)N(C)C1=O. The zero-order chi connectivity index (χ0) is 29.5. The van der Waals surface area contributed by atoms with Crippen LogP contribution >= 0.6 is 0 Å². The van der Waals surface area contributed by atoms with Crippen molar-refractivity contribution in [1.29, 1.82) is 0 Å². The molecular weight excluding hydrogens is 530 g/mol. The summed E-state index contributed by atoms with van der Waals surface area (Å²) in [5.74, 6) is 0.365. The first-order valence-electron chi connectivity index (χ1n) is 14.2. The minimum Gasteiger partial charge on any atom is -0.426 e. The van der Waals surface area contributed by atoms with Gasteiger partial charge in [-0.05, 0) is 51.9 Å². The van der Waals surface area contributed by atoms with Gasteiger partial charge in [-0.15, -0.1) is 0 Å². The van der Waals surface area contributed by atoms with E-state index >= 15 is 0 Å². The quantitative estimate of drug-likeness (QED) is 0.469. The Morgan fingerprint density at radius 3 is 2.52 bits per heavy atom. The molecule has 0 unspecified atom stereocenters. The van der Waals surface area contributed by atoms with Gasteiger partial charge in [-0.25, -0.2) is 9.79 Å². The molecule has 0 aromatic heterocycles. The van der Waals surface area contributed by atoms with Crippen LogP contribution in [0.15, 0.2) is 71.2 Å². The van der Waals surface area contributed by atoms with Crippen molar-refractivity contribution >= 4 is 45.8 Å². The Hall–Kier alpha value is -4.66. The number of fused-ring (bicyclic) bond motifs is 5. The van der Waals surface area contributed by atoms with Gasteiger partial charge in [0.1, 0.15) is 5.75 Å². The number of ether oxygens (including phenoxy) is 1. The van der Waals surface area contributed by atoms with Gasteiger partial charge in [0.15, 0.2) is 18.0 Å². The van der Waals surface area contributed by atoms with Crippen molar-refractivity contribution in [1.82, 2.24) is 14.7 Å². The highest BCUT2D eigenvalue weighted by atomic mass is 16.5. The Kier molecular flexibility index (Phi) is 5.73. The highest BCUT2D eigenvalue weighted by molar-refractivity contribution is 6.13. The summed E-state index contributed by atoms with van der Waals surface area (Å²) in [7, 11) is 4.85. The molecule has 3 atom stereocenters. The summed E-state index contributed by atoms with van der Waals surface area (Å²) in [6.07, 6.45) is 0.633. The van der Waals surface area contributed by atoms with E-state index in [1.807, 2.05) is 36.4 Å². The third-order valence-electron chi connectivity index (χ3n) is 8.95. The summed E-state index contributed by atoms with van der Waals surface area (Å²) in [5.41, 5.74) is 4.80. The normalized spacial score (nSPS) is 24.8. The van der Waals surface area contributed by atoms with Crippen LogP contribution in [0.4, 0.5) is 10.5 Å². The maximum absolute atomic E-state index is 13.8. The Labute approximate surface area is 244 Å². The number of Topliss-reactive ketones (excluding diaryl/α,β-unsaturated/α-hetero) is 1. The van der Waals surface area contributed by atoms with Crippen molar-refractivity contribution in [3.05, 3.63) is 77.4 Å². The van der Waals surface area contributed by atoms with E-state index < -0.39 is 18.2 Å². The van der Waals surface area contributed by atoms with Gasteiger partial charge in [0.25, 0.3) is 11.9 Å². The van der Waals surface area contributed by atoms with Gasteiger partial charge in [0.2, 0.25) is 0 Å². The predicted octanol–water partition coefficient (Wildman–Crippen LogP) is 5.05. The van der Waals surface area contributed by atoms with Crippen molar-refractivity contribution < 1.29 is 19.1 Å². The maximum atomic E-state index is 13.8. The van der Waals surface area contributed by atoms with Gasteiger partial charge in [-0.2, -0.15) is 0 Å². The molecule has 4 aliphatic rings. The molecule has 9 nitrogen and oxygen atoms in total. The van der Waals surface area contributed by atoms with E-state index in [4.69, 9.17) is 4.74 Å². The number of ketones is 1. The average molecular weight is 564 g/mol. The fraction of sp³-hybridized carbons (Fsp3) is 0.333. The van der Waals surface area contributed by atoms with Crippen molar-refractivity contribution in [2.24, 2.45) is 10.4 Å². The number of carbonyl (C=O) groups is 3. The smallest absolute Gasteiger partial charge is 0.328 e. The van der Waals surface area contributed by atoms with Crippen LogP contribution in [0, 0.1) is 5.41 Å². The number of benzene rings is 3. The number of anilines is 1. The molecule has 3 amide bonds. The summed E-state index contributed by atoms with van der Waals surface area (Å²) < 4.78 is 6.24. The van der Waals surface area contributed by atoms with Crippen LogP contribution < -0.4 is 10.1 Å². The van der Waals surface area contributed by atoms with Gasteiger partial charge < -0.3 is 19.9 Å². The van der Waals surface area contributed by atoms with E-state index in [-0.39, 0.29) is 29.2 Å². The topological polar surface area (TPSA) is 94.5 Å². The number of imide groups is 1. The Bertz CT molecular complexity index is 1760. The van der Waals surface area contributed by atoms with Crippen LogP contribution in [0.3, 0.4) is 0 Å². The van der Waals surface area contributed by atoms with Gasteiger partial charge in [-0.3, -0.25) is 14.5 Å². The molecule has 9 heteroatoms. The zero-order valence-electron chi connectivity index (χ0n) is 24.3. The summed E-state index contributed by atoms with van der Waals surface area (Å²) in [5, 5.41) is 5.97. The first-order chi connectivity index (χ1) is 20.0. The molecule has 0 bridgehead atoms. The molecule has 214 valence electrons. The van der Waals surface area contributed by atoms with Gasteiger partial charge in [0.05, 0.1) is 6.04 Å². The minimum atomic E-state index is -0.661. The number of likely N-dealkylation sites (N-methyl/N-ethyl adjacent to an activating group) is 3. The number of nitrogens with zero attached hydrogens (tertiary/aromatic N) is 4. The second kappa shape index (κ2) is 9.17. The number of carbonyl (C=O) groups excluding carboxylic acids is 3. The van der Waals surface area contributed by atoms with Crippen LogP contribution in [-0.4, -0.2) is 71.8 Å². The molecule has 3 aliphatic heterocycles. The fourth-order valence-electron chi connectivity index (χ4n) is 6.88. The molecule has 1 aliphatic carbocycles. The predicted molar refractivity (Wildman–Crippen MR) is 161 cm³/mol. The molecule has 3 aromatic rings. The van der Waals surface area contributed by atoms with E-state index in [9.17, 15) is 14.4 Å². The Morgan fingerprint density at radius 1 is 0.929 bits per heavy atom. The van der Waals surface area contributed by atoms with E-state index in [0.29, 0.717) is 12.2 Å². The number of allylic oxidation sites excluding steroid dienone is 1. The molecular formula is C33H33N5O4. The fourth-order valence-corrected chi connectivity index (χ4v) is 6.88. The first-order valence-corrected chi connectivity index (χ1v) is 14.2. The summed E-state index contributed by atoms with van der Waals surface area (Å²) >= 11 is 0. The highest BCUT2D eigenvalue weighted by Crippen LogP contribution is 2.52. The lowest BCUT2D eigenvalue weighted by Gasteiger charge is -2.40. The third kappa shape index (κ3) is 3.90. The van der Waals surface area contributed by atoms with E-state index in [1.54, 1.807) is 19.0 Å². The van der Waals surface area contributed by atoms with E-state index in [1.165, 1.54) is 11.9 Å². The number of rotatable bonds is 2. The van der Waals surface area contributed by atoms with Crippen molar-refractivity contribution in [3.8, 4) is 5.75 Å². The van der Waals surface area contributed by atoms with Crippen molar-refractivity contribution in [2.45, 2.75) is 44.9 Å². The number of amides is 3. The number of nitrogens with one attached hydrogen (secondary N) is 1. The molecule has 3 aromatic carbocycles. The molecule has 0 radical (unpaired) electrons. The molecule has 42 heavy (non-hydrogen) atoms. The minimum absolute atomic E-state index is 0.140. The highest BCUT2D eigenvalue weighted by Gasteiger charge is 2.50. The Morgan fingerprint density at radius 2 is 1.71 bits per heavy atom. The number of hydrogen-bond donors (Lipinski definition) is 1. The van der Waals surface area contributed by atoms with E-state index in [2.05, 4.69) is 48.4 Å². The maximum Gasteiger partial charge on any atom is 0.328 e. The molecule has 3 heterocycles. The lowest BCUT2D eigenvalue weighted by Crippen LogP contribution is -2.63. The Balaban J connectivity index is 1.27. The van der Waals surface area contributed by atoms with Crippen LogP contribution in [0.1, 0.15) is 43.9 Å². The van der Waals surface area contributed by atoms with Gasteiger partial charge >= 0.3 is 6.03 Å². The average Bonchev–Trinajstić information content (AvgIpc) is 3.29. The number of urea groups is 1. The molecule has 1 fully saturated rings. The van der Waals surface area contributed by atoms with Crippen LogP contribution in [0.25, 0.3) is 16.3 Å². The number of aliphatic imine (C=N–C) groups is 1. The standard InChI is InChI=1S/C33H33N5O4/c1-33(2)16-22-25-21-12-7-6-9-18(21)13-14-23(25)34-27(26(22)24(39)17-33)19-10-8-11-20(15-19)42-31-35-29-28(36(31)3)30(40)38(5)32(41)37(29)4/h6-15,27-29,34H,16-17H2,1-5H3/t27-,28+,29-/m1/s1. The zero-order valence-corrected chi connectivity index (χ0v) is 24.3. The summed E-state index contributed by atoms with van der Waals surface area (Å²) in [4.78, 5) is 48.0. The molecule has 7 rings (SSSR count). The van der Waals surface area contributed by atoms with E-state index in [0.717, 1.165) is 50.1 Å². The van der Waals surface area contributed by atoms with Gasteiger partial charge in [0, 0.05) is 44.4 Å². The molecule has 0 spiro atoms. The monoisotopic (exact) mass is 563 g/mol. The molecule has 1 N–H and O–H groups in total. The lowest BCUT2D eigenvalue weighted by molar-refractivity contribution is -0.135. The first kappa shape index (κ1) is 26.3. The molecule has 1 saturated heterocycles. The van der Waals surface area contributed by atoms with Crippen LogP contribution in [0.5, 0.6) is 5.75 Å². The lowest BCUT2D eigenvalue weighted by atomic mass is 9.68. The van der Waals surface area contributed by atoms with Crippen LogP contribution in [0.2, 0.25) is 0 Å². The second-order valence-electron chi connectivity index (χ2n) is 12.5. The number of hydrogen-bond acceptors (Lipinski definition) is 7. The van der Waals surface area contributed by atoms with Crippen molar-refractivity contribution in [2.75, 3.05) is 26.5 Å². The molecule has 0 saturated carbocycles. The summed E-state index contributed by atoms with van der Waals surface area (Å²) in [6.45, 7) is 4.32. The largest absolute Gasteiger partial charge is 0.426 e. The second-order valence-corrected chi connectivity index (χ2v) is 12.5. The third-order valence-corrected chi connectivity index (χ3v) is 8.95. The number of amidine groups is 1. The van der Waals surface area contributed by atoms with Gasteiger partial charge in [-0.1, -0.05) is 56.3 Å². The summed E-state index contributed by atoms with van der Waals surface area (Å²) in [6, 6.07) is 19.1. The van der Waals surface area contributed by atoms with Crippen LogP contribution in [-0.2, 0) is 9.59 Å². The van der Waals surface area contributed by atoms with Crippen molar-refractivity contribution in [3.63, 3.8) is 0 Å².